The summed E-state index contributed by atoms with van der Waals surface area (Å²) >= 11 is 2.41. The van der Waals surface area contributed by atoms with Gasteiger partial charge in [-0.25, -0.2) is 0 Å². The number of hydrogen-bond donors (Lipinski definition) is 0. The minimum atomic E-state index is -1.67. The molecule has 0 bridgehead atoms. The molecule has 0 aromatic heterocycles. The third kappa shape index (κ3) is 4.10. The van der Waals surface area contributed by atoms with Crippen molar-refractivity contribution in [2.24, 2.45) is 0 Å². The summed E-state index contributed by atoms with van der Waals surface area (Å²) in [6, 6.07) is 21.8. The average molecular weight is 430 g/mol. The molecular weight excluding hydrogens is 411 g/mol. The molecule has 2 aromatic rings. The van der Waals surface area contributed by atoms with Crippen LogP contribution in [0.15, 0.2) is 78.9 Å². The van der Waals surface area contributed by atoms with Gasteiger partial charge in [0.2, 0.25) is 0 Å². The molecule has 0 fully saturated rings. The van der Waals surface area contributed by atoms with Gasteiger partial charge in [-0.15, -0.1) is 0 Å². The molecule has 24 heavy (non-hydrogen) atoms. The summed E-state index contributed by atoms with van der Waals surface area (Å²) in [4.78, 5) is 0. The fourth-order valence-electron chi connectivity index (χ4n) is 3.08. The number of halogens is 3. The Labute approximate surface area is 176 Å². The third-order valence-electron chi connectivity index (χ3n) is 4.60. The number of rotatable bonds is 3. The van der Waals surface area contributed by atoms with Crippen molar-refractivity contribution in [3.8, 4) is 0 Å². The molecular formula is C19H19Cl3SiTi. The fraction of sp³-hybridized carbons (Fsp3) is 0.158. The minimum absolute atomic E-state index is 0. The first-order valence-corrected chi connectivity index (χ1v) is 11.1. The van der Waals surface area contributed by atoms with Crippen LogP contribution in [0.2, 0.25) is 16.4 Å². The van der Waals surface area contributed by atoms with Crippen LogP contribution in [0.4, 0.5) is 0 Å². The summed E-state index contributed by atoms with van der Waals surface area (Å²) in [7, 11) is -1.67. The van der Waals surface area contributed by atoms with E-state index in [4.69, 9.17) is 0 Å². The van der Waals surface area contributed by atoms with Crippen LogP contribution in [0.3, 0.4) is 0 Å². The van der Waals surface area contributed by atoms with Crippen LogP contribution in [-0.4, -0.2) is 8.07 Å². The first kappa shape index (κ1) is 23.7. The summed E-state index contributed by atoms with van der Waals surface area (Å²) in [6.07, 6.45) is 6.95. The molecule has 0 aliphatic heterocycles. The number of benzene rings is 2. The van der Waals surface area contributed by atoms with Gasteiger partial charge >= 0.3 is 140 Å². The van der Waals surface area contributed by atoms with E-state index in [1.54, 1.807) is 0 Å². The van der Waals surface area contributed by atoms with E-state index in [-0.39, 0.29) is 40.6 Å². The van der Waals surface area contributed by atoms with Crippen LogP contribution in [0.25, 0.3) is 5.57 Å². The maximum atomic E-state index is 2.48. The maximum absolute atomic E-state index is 2.48. The molecule has 0 amide bonds. The van der Waals surface area contributed by atoms with Gasteiger partial charge in [0.1, 0.15) is 0 Å². The van der Waals surface area contributed by atoms with E-state index in [2.05, 4.69) is 112 Å². The van der Waals surface area contributed by atoms with Crippen LogP contribution >= 0.6 is 0 Å². The molecule has 0 saturated heterocycles. The van der Waals surface area contributed by atoms with Crippen molar-refractivity contribution < 1.29 is 57.7 Å². The van der Waals surface area contributed by atoms with Crippen molar-refractivity contribution in [1.82, 2.24) is 0 Å². The first-order valence-electron chi connectivity index (χ1n) is 7.32. The maximum Gasteiger partial charge on any atom is -1.00 e. The Kier molecular flexibility index (Phi) is 9.32. The summed E-state index contributed by atoms with van der Waals surface area (Å²) in [5.41, 5.74) is 2.81. The summed E-state index contributed by atoms with van der Waals surface area (Å²) in [6.45, 7) is 4.96. The van der Waals surface area contributed by atoms with Gasteiger partial charge in [-0.05, 0) is 0 Å². The second-order valence-corrected chi connectivity index (χ2v) is 12.7. The number of allylic oxidation sites excluding steroid dienone is 4. The Morgan fingerprint density at radius 1 is 0.792 bits per heavy atom. The summed E-state index contributed by atoms with van der Waals surface area (Å²) in [5.74, 6) is 0. The predicted octanol–water partition coefficient (Wildman–Crippen LogP) is -4.49. The van der Waals surface area contributed by atoms with Crippen molar-refractivity contribution >= 4 is 18.8 Å². The average Bonchev–Trinajstić information content (AvgIpc) is 2.93. The molecule has 3 rings (SSSR count). The van der Waals surface area contributed by atoms with Gasteiger partial charge in [-0.1, -0.05) is 0 Å². The summed E-state index contributed by atoms with van der Waals surface area (Å²) < 4.78 is 0.135. The molecule has 0 spiro atoms. The zero-order valence-electron chi connectivity index (χ0n) is 13.6. The van der Waals surface area contributed by atoms with Gasteiger partial charge in [-0.2, -0.15) is 0 Å². The van der Waals surface area contributed by atoms with Crippen LogP contribution < -0.4 is 42.4 Å². The SMILES string of the molecule is C[Si](C)(c1ccccc1)[C]1([Ti+3])C=CC=C1c1ccccc1.[Cl-].[Cl-].[Cl-]. The van der Waals surface area contributed by atoms with E-state index in [0.717, 1.165) is 0 Å². The standard InChI is InChI=1S/C19H19Si.3ClH.Ti/c1-20(2,17-12-7-4-8-13-17)19-15-9-14-18(19)16-10-5-3-6-11-16;;;;/h3-15H,1-2H3;3*1H;/q;;;;+3/p-3. The Morgan fingerprint density at radius 2 is 1.29 bits per heavy atom. The molecule has 2 aromatic carbocycles. The smallest absolute Gasteiger partial charge is 1.00 e. The van der Waals surface area contributed by atoms with E-state index in [0.29, 0.717) is 0 Å². The van der Waals surface area contributed by atoms with Crippen molar-refractivity contribution in [3.63, 3.8) is 0 Å². The molecule has 0 nitrogen and oxygen atoms in total. The monoisotopic (exact) mass is 428 g/mol. The number of hydrogen-bond acceptors (Lipinski definition) is 0. The largest absolute Gasteiger partial charge is 1.00 e. The molecule has 0 saturated carbocycles. The molecule has 124 valence electrons. The van der Waals surface area contributed by atoms with E-state index in [9.17, 15) is 0 Å². The fourth-order valence-corrected chi connectivity index (χ4v) is 7.16. The Bertz CT molecular complexity index is 699. The molecule has 1 atom stereocenters. The van der Waals surface area contributed by atoms with Crippen molar-refractivity contribution in [3.05, 3.63) is 84.5 Å². The van der Waals surface area contributed by atoms with Crippen molar-refractivity contribution in [2.45, 2.75) is 16.4 Å². The van der Waals surface area contributed by atoms with Crippen molar-refractivity contribution in [2.75, 3.05) is 0 Å². The van der Waals surface area contributed by atoms with E-state index >= 15 is 0 Å². The van der Waals surface area contributed by atoms with Gasteiger partial charge < -0.3 is 37.2 Å². The zero-order chi connectivity index (χ0) is 14.9. The Morgan fingerprint density at radius 3 is 1.83 bits per heavy atom. The van der Waals surface area contributed by atoms with Crippen molar-refractivity contribution in [1.29, 1.82) is 0 Å². The molecule has 0 heterocycles. The van der Waals surface area contributed by atoms with Gasteiger partial charge in [0.05, 0.1) is 0 Å². The van der Waals surface area contributed by atoms with Crippen LogP contribution in [0.1, 0.15) is 5.56 Å². The van der Waals surface area contributed by atoms with Gasteiger partial charge in [0.15, 0.2) is 0 Å². The normalized spacial score (nSPS) is 18.8. The summed E-state index contributed by atoms with van der Waals surface area (Å²) in [5, 5.41) is 1.51. The Balaban J connectivity index is 0.00000176. The molecule has 1 aliphatic carbocycles. The quantitative estimate of drug-likeness (QED) is 0.432. The van der Waals surface area contributed by atoms with Crippen LogP contribution in [0, 0.1) is 0 Å². The van der Waals surface area contributed by atoms with Crippen LogP contribution in [0.5, 0.6) is 0 Å². The molecule has 0 radical (unpaired) electrons. The van der Waals surface area contributed by atoms with E-state index < -0.39 is 8.07 Å². The van der Waals surface area contributed by atoms with E-state index in [1.165, 1.54) is 16.3 Å². The predicted molar refractivity (Wildman–Crippen MR) is 89.8 cm³/mol. The molecule has 1 unspecified atom stereocenters. The first-order chi connectivity index (χ1) is 10.1. The zero-order valence-corrected chi connectivity index (χ0v) is 18.5. The topological polar surface area (TPSA) is 0 Å². The Hall–Kier alpha value is -0.279. The second-order valence-electron chi connectivity index (χ2n) is 6.10. The van der Waals surface area contributed by atoms with Gasteiger partial charge in [-0.3, -0.25) is 0 Å². The molecule has 1 aliphatic rings. The van der Waals surface area contributed by atoms with Gasteiger partial charge in [0.25, 0.3) is 0 Å². The van der Waals surface area contributed by atoms with Gasteiger partial charge in [0, 0.05) is 0 Å². The van der Waals surface area contributed by atoms with Crippen LogP contribution in [-0.2, 0) is 20.4 Å². The minimum Gasteiger partial charge on any atom is -1.00 e. The molecule has 5 heteroatoms. The second kappa shape index (κ2) is 9.43. The van der Waals surface area contributed by atoms with E-state index in [1.807, 2.05) is 0 Å². The third-order valence-corrected chi connectivity index (χ3v) is 12.4. The molecule has 0 N–H and O–H groups in total.